The molecule has 0 saturated carbocycles. The van der Waals surface area contributed by atoms with Gasteiger partial charge in [-0.05, 0) is 42.3 Å². The summed E-state index contributed by atoms with van der Waals surface area (Å²) in [6.07, 6.45) is 0. The monoisotopic (exact) mass is 280 g/mol. The Morgan fingerprint density at radius 2 is 1.88 bits per heavy atom. The van der Waals surface area contributed by atoms with Crippen molar-refractivity contribution in [2.45, 2.75) is 6.92 Å². The van der Waals surface area contributed by atoms with Gasteiger partial charge in [0.15, 0.2) is 0 Å². The third-order valence-corrected chi connectivity index (χ3v) is 2.78. The van der Waals surface area contributed by atoms with Crippen molar-refractivity contribution in [2.75, 3.05) is 0 Å². The molecule has 0 heterocycles. The molecule has 0 aliphatic rings. The predicted molar refractivity (Wildman–Crippen MR) is 65.9 cm³/mol. The quantitative estimate of drug-likeness (QED) is 0.827. The van der Waals surface area contributed by atoms with E-state index in [0.717, 1.165) is 10.0 Å². The molecule has 0 unspecified atom stereocenters. The van der Waals surface area contributed by atoms with Gasteiger partial charge in [0.05, 0.1) is 0 Å². The number of benzene rings is 2. The Morgan fingerprint density at radius 1 is 1.12 bits per heavy atom. The minimum Gasteiger partial charge on any atom is -0.508 e. The first-order chi connectivity index (χ1) is 7.56. The molecule has 0 atom stereocenters. The Kier molecular flexibility index (Phi) is 2.97. The van der Waals surface area contributed by atoms with Crippen molar-refractivity contribution in [1.29, 1.82) is 0 Å². The molecule has 0 saturated heterocycles. The van der Waals surface area contributed by atoms with E-state index < -0.39 is 0 Å². The van der Waals surface area contributed by atoms with E-state index in [1.54, 1.807) is 24.3 Å². The lowest BCUT2D eigenvalue weighted by Gasteiger charge is -2.06. The van der Waals surface area contributed by atoms with E-state index in [1.165, 1.54) is 6.07 Å². The van der Waals surface area contributed by atoms with Crippen LogP contribution in [-0.4, -0.2) is 5.11 Å². The summed E-state index contributed by atoms with van der Waals surface area (Å²) in [4.78, 5) is 0. The average molecular weight is 281 g/mol. The molecular formula is C13H10BrFO. The first-order valence-electron chi connectivity index (χ1n) is 4.82. The molecule has 0 radical (unpaired) electrons. The Labute approximate surface area is 102 Å². The van der Waals surface area contributed by atoms with Gasteiger partial charge < -0.3 is 5.11 Å². The van der Waals surface area contributed by atoms with Crippen LogP contribution in [0.3, 0.4) is 0 Å². The molecule has 2 aromatic carbocycles. The summed E-state index contributed by atoms with van der Waals surface area (Å²) in [5.41, 5.74) is 2.02. The molecule has 0 aliphatic carbocycles. The van der Waals surface area contributed by atoms with Crippen LogP contribution in [0, 0.1) is 12.7 Å². The number of phenolic OH excluding ortho intramolecular Hbond substituents is 1. The highest BCUT2D eigenvalue weighted by Gasteiger charge is 2.07. The minimum absolute atomic E-state index is 0.115. The first-order valence-corrected chi connectivity index (χ1v) is 5.61. The van der Waals surface area contributed by atoms with E-state index in [1.807, 2.05) is 13.0 Å². The molecule has 2 aromatic rings. The van der Waals surface area contributed by atoms with Crippen LogP contribution < -0.4 is 0 Å². The van der Waals surface area contributed by atoms with E-state index in [4.69, 9.17) is 0 Å². The summed E-state index contributed by atoms with van der Waals surface area (Å²) >= 11 is 3.27. The van der Waals surface area contributed by atoms with Crippen molar-refractivity contribution in [3.05, 3.63) is 52.3 Å². The zero-order chi connectivity index (χ0) is 11.7. The van der Waals surface area contributed by atoms with E-state index >= 15 is 0 Å². The zero-order valence-corrected chi connectivity index (χ0v) is 10.3. The van der Waals surface area contributed by atoms with E-state index in [0.29, 0.717) is 11.1 Å². The summed E-state index contributed by atoms with van der Waals surface area (Å²) in [7, 11) is 0. The number of phenols is 1. The van der Waals surface area contributed by atoms with Crippen LogP contribution in [0.5, 0.6) is 5.75 Å². The molecule has 1 nitrogen and oxygen atoms in total. The van der Waals surface area contributed by atoms with Crippen LogP contribution in [0.15, 0.2) is 40.9 Å². The lowest BCUT2D eigenvalue weighted by Crippen LogP contribution is -1.85. The zero-order valence-electron chi connectivity index (χ0n) is 8.67. The number of aryl methyl sites for hydroxylation is 1. The maximum absolute atomic E-state index is 13.7. The SMILES string of the molecule is Cc1ccc(-c2cc(O)cc(Br)c2)c(F)c1. The standard InChI is InChI=1S/C13H10BrFO/c1-8-2-3-12(13(15)4-8)9-5-10(14)7-11(16)6-9/h2-7,16H,1H3. The van der Waals surface area contributed by atoms with Gasteiger partial charge in [0.2, 0.25) is 0 Å². The maximum Gasteiger partial charge on any atom is 0.131 e. The second-order valence-electron chi connectivity index (χ2n) is 3.68. The fraction of sp³-hybridized carbons (Fsp3) is 0.0769. The normalized spacial score (nSPS) is 10.4. The smallest absolute Gasteiger partial charge is 0.131 e. The first kappa shape index (κ1) is 11.1. The fourth-order valence-electron chi connectivity index (χ4n) is 1.58. The van der Waals surface area contributed by atoms with Gasteiger partial charge in [-0.25, -0.2) is 4.39 Å². The Morgan fingerprint density at radius 3 is 2.50 bits per heavy atom. The van der Waals surface area contributed by atoms with Gasteiger partial charge in [-0.2, -0.15) is 0 Å². The lowest BCUT2D eigenvalue weighted by molar-refractivity contribution is 0.475. The average Bonchev–Trinajstić information content (AvgIpc) is 2.15. The summed E-state index contributed by atoms with van der Waals surface area (Å²) in [5, 5.41) is 9.45. The second kappa shape index (κ2) is 4.26. The molecule has 0 amide bonds. The number of hydrogen-bond donors (Lipinski definition) is 1. The van der Waals surface area contributed by atoms with Crippen LogP contribution >= 0.6 is 15.9 Å². The Balaban J connectivity index is 2.58. The highest BCUT2D eigenvalue weighted by atomic mass is 79.9. The van der Waals surface area contributed by atoms with Gasteiger partial charge in [-0.3, -0.25) is 0 Å². The van der Waals surface area contributed by atoms with Crippen LogP contribution in [0.2, 0.25) is 0 Å². The van der Waals surface area contributed by atoms with Crippen LogP contribution in [0.4, 0.5) is 4.39 Å². The van der Waals surface area contributed by atoms with Gasteiger partial charge in [0, 0.05) is 10.0 Å². The second-order valence-corrected chi connectivity index (χ2v) is 4.60. The topological polar surface area (TPSA) is 20.2 Å². The van der Waals surface area contributed by atoms with Crippen molar-refractivity contribution < 1.29 is 9.50 Å². The van der Waals surface area contributed by atoms with Crippen molar-refractivity contribution in [3.8, 4) is 16.9 Å². The molecule has 1 N–H and O–H groups in total. The maximum atomic E-state index is 13.7. The van der Waals surface area contributed by atoms with Gasteiger partial charge in [-0.15, -0.1) is 0 Å². The van der Waals surface area contributed by atoms with Gasteiger partial charge in [0.25, 0.3) is 0 Å². The molecule has 16 heavy (non-hydrogen) atoms. The third-order valence-electron chi connectivity index (χ3n) is 2.32. The van der Waals surface area contributed by atoms with Crippen LogP contribution in [-0.2, 0) is 0 Å². The molecule has 0 spiro atoms. The lowest BCUT2D eigenvalue weighted by atomic mass is 10.0. The summed E-state index contributed by atoms with van der Waals surface area (Å²) in [6, 6.07) is 9.91. The summed E-state index contributed by atoms with van der Waals surface area (Å²) in [5.74, 6) is -0.165. The number of hydrogen-bond acceptors (Lipinski definition) is 1. The van der Waals surface area contributed by atoms with E-state index in [9.17, 15) is 9.50 Å². The number of aromatic hydroxyl groups is 1. The van der Waals surface area contributed by atoms with Crippen molar-refractivity contribution in [3.63, 3.8) is 0 Å². The molecule has 0 aromatic heterocycles. The molecule has 0 fully saturated rings. The van der Waals surface area contributed by atoms with Gasteiger partial charge >= 0.3 is 0 Å². The molecule has 0 bridgehead atoms. The molecule has 3 heteroatoms. The van der Waals surface area contributed by atoms with Crippen molar-refractivity contribution in [1.82, 2.24) is 0 Å². The van der Waals surface area contributed by atoms with Crippen molar-refractivity contribution >= 4 is 15.9 Å². The molecule has 2 rings (SSSR count). The Hall–Kier alpha value is -1.35. The van der Waals surface area contributed by atoms with E-state index in [2.05, 4.69) is 15.9 Å². The highest BCUT2D eigenvalue weighted by molar-refractivity contribution is 9.10. The largest absolute Gasteiger partial charge is 0.508 e. The molecular weight excluding hydrogens is 271 g/mol. The van der Waals surface area contributed by atoms with Crippen LogP contribution in [0.1, 0.15) is 5.56 Å². The fourth-order valence-corrected chi connectivity index (χ4v) is 2.07. The summed E-state index contributed by atoms with van der Waals surface area (Å²) in [6.45, 7) is 1.84. The molecule has 82 valence electrons. The van der Waals surface area contributed by atoms with E-state index in [-0.39, 0.29) is 11.6 Å². The number of halogens is 2. The molecule has 0 aliphatic heterocycles. The minimum atomic E-state index is -0.280. The van der Waals surface area contributed by atoms with Crippen LogP contribution in [0.25, 0.3) is 11.1 Å². The number of rotatable bonds is 1. The summed E-state index contributed by atoms with van der Waals surface area (Å²) < 4.78 is 14.4. The van der Waals surface area contributed by atoms with Gasteiger partial charge in [0.1, 0.15) is 11.6 Å². The Bertz CT molecular complexity index is 517. The predicted octanol–water partition coefficient (Wildman–Crippen LogP) is 4.27. The highest BCUT2D eigenvalue weighted by Crippen LogP contribution is 2.30. The van der Waals surface area contributed by atoms with Gasteiger partial charge in [-0.1, -0.05) is 28.1 Å². The van der Waals surface area contributed by atoms with Crippen molar-refractivity contribution in [2.24, 2.45) is 0 Å². The third kappa shape index (κ3) is 2.25.